The van der Waals surface area contributed by atoms with Crippen LogP contribution in [0.3, 0.4) is 0 Å². The summed E-state index contributed by atoms with van der Waals surface area (Å²) in [6, 6.07) is 8.05. The van der Waals surface area contributed by atoms with Crippen molar-refractivity contribution in [1.82, 2.24) is 0 Å². The summed E-state index contributed by atoms with van der Waals surface area (Å²) in [7, 11) is -1.84. The Bertz CT molecular complexity index is 296. The van der Waals surface area contributed by atoms with Crippen molar-refractivity contribution in [1.29, 1.82) is 0 Å². The van der Waals surface area contributed by atoms with E-state index in [-0.39, 0.29) is 0 Å². The molecule has 1 aliphatic heterocycles. The highest BCUT2D eigenvalue weighted by Gasteiger charge is 2.31. The molecule has 0 radical (unpaired) electrons. The van der Waals surface area contributed by atoms with E-state index in [4.69, 9.17) is 8.85 Å². The fraction of sp³-hybridized carbons (Fsp3) is 0.333. The lowest BCUT2D eigenvalue weighted by Crippen LogP contribution is -2.41. The molecule has 1 heterocycles. The Morgan fingerprint density at radius 3 is 2.83 bits per heavy atom. The van der Waals surface area contributed by atoms with E-state index in [9.17, 15) is 0 Å². The average Bonchev–Trinajstić information content (AvgIpc) is 2.02. The highest BCUT2D eigenvalue weighted by atomic mass is 28.4. The topological polar surface area (TPSA) is 18.5 Å². The second-order valence-electron chi connectivity index (χ2n) is 3.40. The molecular weight excluding hydrogens is 168 g/mol. The van der Waals surface area contributed by atoms with Crippen molar-refractivity contribution in [2.24, 2.45) is 0 Å². The van der Waals surface area contributed by atoms with Crippen LogP contribution in [0.4, 0.5) is 0 Å². The van der Waals surface area contributed by atoms with Gasteiger partial charge in [0.25, 0.3) is 0 Å². The second-order valence-corrected chi connectivity index (χ2v) is 6.69. The van der Waals surface area contributed by atoms with E-state index in [0.717, 1.165) is 11.3 Å². The summed E-state index contributed by atoms with van der Waals surface area (Å²) in [5.41, 5.74) is 1.16. The van der Waals surface area contributed by atoms with Crippen LogP contribution in [-0.4, -0.2) is 8.56 Å². The lowest BCUT2D eigenvalue weighted by atomic mass is 10.2. The third-order valence-corrected chi connectivity index (χ3v) is 3.45. The summed E-state index contributed by atoms with van der Waals surface area (Å²) in [5, 5.41) is 0. The Hall–Kier alpha value is -0.803. The average molecular weight is 180 g/mol. The van der Waals surface area contributed by atoms with Crippen LogP contribution in [0.5, 0.6) is 5.75 Å². The first-order valence-electron chi connectivity index (χ1n) is 4.08. The summed E-state index contributed by atoms with van der Waals surface area (Å²) in [4.78, 5) is 0. The minimum atomic E-state index is -1.84. The maximum atomic E-state index is 5.74. The molecule has 0 saturated heterocycles. The van der Waals surface area contributed by atoms with E-state index in [1.54, 1.807) is 0 Å². The van der Waals surface area contributed by atoms with Crippen molar-refractivity contribution in [3.8, 4) is 5.75 Å². The van der Waals surface area contributed by atoms with E-state index < -0.39 is 8.56 Å². The van der Waals surface area contributed by atoms with Crippen molar-refractivity contribution in [3.63, 3.8) is 0 Å². The standard InChI is InChI=1S/C9H12O2Si/c1-12(2)10-7-8-5-3-4-6-9(8)11-12/h3-6H,7H2,1-2H3. The van der Waals surface area contributed by atoms with Crippen LogP contribution < -0.4 is 4.43 Å². The minimum Gasteiger partial charge on any atom is -0.520 e. The van der Waals surface area contributed by atoms with Crippen molar-refractivity contribution in [2.45, 2.75) is 19.7 Å². The molecule has 3 heteroatoms. The molecule has 0 fully saturated rings. The Labute approximate surface area is 73.4 Å². The van der Waals surface area contributed by atoms with Crippen LogP contribution in [0.2, 0.25) is 13.1 Å². The molecule has 0 aliphatic carbocycles. The fourth-order valence-electron chi connectivity index (χ4n) is 1.27. The third kappa shape index (κ3) is 1.38. The van der Waals surface area contributed by atoms with Gasteiger partial charge in [-0.15, -0.1) is 0 Å². The van der Waals surface area contributed by atoms with E-state index in [1.165, 1.54) is 0 Å². The monoisotopic (exact) mass is 180 g/mol. The van der Waals surface area contributed by atoms with E-state index in [1.807, 2.05) is 24.3 Å². The number of fused-ring (bicyclic) bond motifs is 1. The van der Waals surface area contributed by atoms with Crippen LogP contribution in [0.1, 0.15) is 5.56 Å². The van der Waals surface area contributed by atoms with Crippen LogP contribution in [0, 0.1) is 0 Å². The number of hydrogen-bond donors (Lipinski definition) is 0. The molecule has 2 nitrogen and oxygen atoms in total. The van der Waals surface area contributed by atoms with Crippen LogP contribution in [0.15, 0.2) is 24.3 Å². The number of benzene rings is 1. The van der Waals surface area contributed by atoms with Gasteiger partial charge in [-0.25, -0.2) is 0 Å². The predicted molar refractivity (Wildman–Crippen MR) is 49.3 cm³/mol. The molecule has 0 saturated carbocycles. The first kappa shape index (κ1) is 7.83. The molecule has 1 aromatic carbocycles. The van der Waals surface area contributed by atoms with E-state index >= 15 is 0 Å². The lowest BCUT2D eigenvalue weighted by Gasteiger charge is -2.30. The second kappa shape index (κ2) is 2.60. The number of para-hydroxylation sites is 1. The first-order chi connectivity index (χ1) is 5.67. The zero-order valence-electron chi connectivity index (χ0n) is 7.33. The van der Waals surface area contributed by atoms with Crippen molar-refractivity contribution < 1.29 is 8.85 Å². The van der Waals surface area contributed by atoms with Gasteiger partial charge in [0.05, 0.1) is 6.61 Å². The minimum absolute atomic E-state index is 0.704. The van der Waals surface area contributed by atoms with Gasteiger partial charge in [-0.1, -0.05) is 18.2 Å². The molecule has 64 valence electrons. The first-order valence-corrected chi connectivity index (χ1v) is 6.90. The molecule has 2 rings (SSSR count). The van der Waals surface area contributed by atoms with Crippen LogP contribution in [-0.2, 0) is 11.0 Å². The number of hydrogen-bond acceptors (Lipinski definition) is 2. The summed E-state index contributed by atoms with van der Waals surface area (Å²) >= 11 is 0. The van der Waals surface area contributed by atoms with Gasteiger partial charge in [-0.05, 0) is 19.2 Å². The summed E-state index contributed by atoms with van der Waals surface area (Å²) in [6.07, 6.45) is 0. The highest BCUT2D eigenvalue weighted by molar-refractivity contribution is 6.65. The van der Waals surface area contributed by atoms with Gasteiger partial charge in [-0.2, -0.15) is 0 Å². The normalized spacial score (nSPS) is 19.5. The molecule has 0 aromatic heterocycles. The lowest BCUT2D eigenvalue weighted by molar-refractivity contribution is 0.211. The van der Waals surface area contributed by atoms with Crippen molar-refractivity contribution >= 4 is 8.56 Å². The van der Waals surface area contributed by atoms with Crippen LogP contribution in [0.25, 0.3) is 0 Å². The SMILES string of the molecule is C[Si]1(C)OCc2ccccc2O1. The van der Waals surface area contributed by atoms with Gasteiger partial charge in [-0.3, -0.25) is 0 Å². The Morgan fingerprint density at radius 2 is 2.00 bits per heavy atom. The summed E-state index contributed by atoms with van der Waals surface area (Å²) < 4.78 is 11.3. The quantitative estimate of drug-likeness (QED) is 0.570. The molecular formula is C9H12O2Si. The number of rotatable bonds is 0. The smallest absolute Gasteiger partial charge is 0.392 e. The molecule has 0 unspecified atom stereocenters. The predicted octanol–water partition coefficient (Wildman–Crippen LogP) is 2.30. The zero-order chi connectivity index (χ0) is 8.60. The highest BCUT2D eigenvalue weighted by Crippen LogP contribution is 2.28. The summed E-state index contributed by atoms with van der Waals surface area (Å²) in [5.74, 6) is 1.00. The van der Waals surface area contributed by atoms with Gasteiger partial charge in [0.1, 0.15) is 5.75 Å². The van der Waals surface area contributed by atoms with Gasteiger partial charge < -0.3 is 8.85 Å². The van der Waals surface area contributed by atoms with Gasteiger partial charge in [0.15, 0.2) is 0 Å². The van der Waals surface area contributed by atoms with E-state index in [2.05, 4.69) is 13.1 Å². The Balaban J connectivity index is 2.35. The molecule has 1 aromatic rings. The molecule has 0 amide bonds. The Morgan fingerprint density at radius 1 is 1.25 bits per heavy atom. The third-order valence-electron chi connectivity index (χ3n) is 1.90. The van der Waals surface area contributed by atoms with Crippen molar-refractivity contribution in [3.05, 3.63) is 29.8 Å². The molecule has 0 spiro atoms. The molecule has 1 aliphatic rings. The zero-order valence-corrected chi connectivity index (χ0v) is 8.33. The Kier molecular flexibility index (Phi) is 1.70. The van der Waals surface area contributed by atoms with Gasteiger partial charge in [0, 0.05) is 5.56 Å². The maximum Gasteiger partial charge on any atom is 0.392 e. The van der Waals surface area contributed by atoms with Gasteiger partial charge in [0.2, 0.25) is 0 Å². The maximum absolute atomic E-state index is 5.74. The van der Waals surface area contributed by atoms with Crippen LogP contribution >= 0.6 is 0 Å². The molecule has 0 bridgehead atoms. The molecule has 0 atom stereocenters. The molecule has 0 N–H and O–H groups in total. The van der Waals surface area contributed by atoms with Crippen molar-refractivity contribution in [2.75, 3.05) is 0 Å². The largest absolute Gasteiger partial charge is 0.520 e. The van der Waals surface area contributed by atoms with Gasteiger partial charge >= 0.3 is 8.56 Å². The summed E-state index contributed by atoms with van der Waals surface area (Å²) in [6.45, 7) is 4.82. The molecule has 12 heavy (non-hydrogen) atoms. The fourth-order valence-corrected chi connectivity index (χ4v) is 2.56. The van der Waals surface area contributed by atoms with E-state index in [0.29, 0.717) is 6.61 Å².